The quantitative estimate of drug-likeness (QED) is 0.818. The molecule has 0 spiro atoms. The highest BCUT2D eigenvalue weighted by Gasteiger charge is 2.27. The number of halogens is 1. The van der Waals surface area contributed by atoms with Crippen molar-refractivity contribution in [1.29, 1.82) is 0 Å². The van der Waals surface area contributed by atoms with Crippen molar-refractivity contribution in [2.24, 2.45) is 0 Å². The van der Waals surface area contributed by atoms with Crippen LogP contribution in [0, 0.1) is 5.82 Å². The molecule has 0 bridgehead atoms. The van der Waals surface area contributed by atoms with Gasteiger partial charge in [-0.2, -0.15) is 4.31 Å². The molecule has 0 aliphatic heterocycles. The van der Waals surface area contributed by atoms with Crippen LogP contribution in [-0.4, -0.2) is 45.4 Å². The highest BCUT2D eigenvalue weighted by molar-refractivity contribution is 7.89. The molecule has 8 heteroatoms. The van der Waals surface area contributed by atoms with Gasteiger partial charge in [0.05, 0.1) is 13.7 Å². The average Bonchev–Trinajstić information content (AvgIpc) is 2.46. The molecule has 1 unspecified atom stereocenters. The lowest BCUT2D eigenvalue weighted by Gasteiger charge is -2.19. The number of nitrogens with zero attached hydrogens (tertiary/aromatic N) is 1. The fourth-order valence-corrected chi connectivity index (χ4v) is 3.02. The minimum atomic E-state index is -4.03. The maximum absolute atomic E-state index is 13.3. The number of hydrogen-bond acceptors (Lipinski definition) is 4. The lowest BCUT2D eigenvalue weighted by molar-refractivity contribution is -0.121. The van der Waals surface area contributed by atoms with Crippen LogP contribution in [0.3, 0.4) is 0 Å². The van der Waals surface area contributed by atoms with Gasteiger partial charge in [0.1, 0.15) is 16.5 Å². The predicted molar refractivity (Wildman–Crippen MR) is 80.7 cm³/mol. The van der Waals surface area contributed by atoms with E-state index in [1.165, 1.54) is 20.2 Å². The van der Waals surface area contributed by atoms with Gasteiger partial charge in [0.25, 0.3) is 0 Å². The fraction of sp³-hybridized carbons (Fsp3) is 0.500. The zero-order valence-corrected chi connectivity index (χ0v) is 13.9. The third-order valence-electron chi connectivity index (χ3n) is 3.20. The number of rotatable bonds is 7. The molecule has 1 aromatic carbocycles. The normalized spacial score (nSPS) is 13.0. The highest BCUT2D eigenvalue weighted by Crippen LogP contribution is 2.26. The Labute approximate surface area is 130 Å². The summed E-state index contributed by atoms with van der Waals surface area (Å²) in [5.74, 6) is -1.09. The minimum Gasteiger partial charge on any atom is -0.495 e. The Balaban J connectivity index is 2.99. The second-order valence-electron chi connectivity index (χ2n) is 4.93. The lowest BCUT2D eigenvalue weighted by Crippen LogP contribution is -2.41. The van der Waals surface area contributed by atoms with Crippen LogP contribution >= 0.6 is 0 Å². The summed E-state index contributed by atoms with van der Waals surface area (Å²) in [6.07, 6.45) is 0.736. The molecular formula is C14H21FN2O4S. The van der Waals surface area contributed by atoms with Gasteiger partial charge < -0.3 is 10.1 Å². The summed E-state index contributed by atoms with van der Waals surface area (Å²) in [6.45, 7) is 3.37. The van der Waals surface area contributed by atoms with E-state index in [4.69, 9.17) is 4.74 Å². The van der Waals surface area contributed by atoms with E-state index in [1.54, 1.807) is 0 Å². The van der Waals surface area contributed by atoms with Gasteiger partial charge in [-0.15, -0.1) is 0 Å². The van der Waals surface area contributed by atoms with Crippen LogP contribution in [-0.2, 0) is 14.8 Å². The summed E-state index contributed by atoms with van der Waals surface area (Å²) in [6, 6.07) is 3.16. The first kappa shape index (κ1) is 18.4. The van der Waals surface area contributed by atoms with Crippen molar-refractivity contribution in [3.8, 4) is 5.75 Å². The number of ether oxygens (including phenoxy) is 1. The SMILES string of the molecule is CCC(C)NC(=O)CN(C)S(=O)(=O)c1cc(F)ccc1OC. The van der Waals surface area contributed by atoms with E-state index in [9.17, 15) is 17.6 Å². The third-order valence-corrected chi connectivity index (χ3v) is 5.02. The largest absolute Gasteiger partial charge is 0.495 e. The molecule has 22 heavy (non-hydrogen) atoms. The zero-order valence-electron chi connectivity index (χ0n) is 13.1. The topological polar surface area (TPSA) is 75.7 Å². The van der Waals surface area contributed by atoms with Crippen LogP contribution in [0.4, 0.5) is 4.39 Å². The molecule has 6 nitrogen and oxygen atoms in total. The summed E-state index contributed by atoms with van der Waals surface area (Å²) >= 11 is 0. The van der Waals surface area contributed by atoms with Crippen molar-refractivity contribution in [2.45, 2.75) is 31.2 Å². The summed E-state index contributed by atoms with van der Waals surface area (Å²) in [4.78, 5) is 11.5. The molecule has 0 heterocycles. The number of likely N-dealkylation sites (N-methyl/N-ethyl adjacent to an activating group) is 1. The van der Waals surface area contributed by atoms with E-state index < -0.39 is 21.7 Å². The first-order valence-corrected chi connectivity index (χ1v) is 8.25. The van der Waals surface area contributed by atoms with Gasteiger partial charge in [0.2, 0.25) is 15.9 Å². The van der Waals surface area contributed by atoms with Crippen molar-refractivity contribution in [2.75, 3.05) is 20.7 Å². The van der Waals surface area contributed by atoms with Crippen LogP contribution in [0.5, 0.6) is 5.75 Å². The molecule has 0 saturated heterocycles. The van der Waals surface area contributed by atoms with Crippen LogP contribution in [0.25, 0.3) is 0 Å². The molecule has 0 aliphatic rings. The summed E-state index contributed by atoms with van der Waals surface area (Å²) in [5, 5.41) is 2.67. The van der Waals surface area contributed by atoms with Gasteiger partial charge in [0.15, 0.2) is 0 Å². The Morgan fingerprint density at radius 1 is 1.45 bits per heavy atom. The summed E-state index contributed by atoms with van der Waals surface area (Å²) in [5.41, 5.74) is 0. The third kappa shape index (κ3) is 4.41. The first-order chi connectivity index (χ1) is 10.2. The van der Waals surface area contributed by atoms with Crippen molar-refractivity contribution in [3.05, 3.63) is 24.0 Å². The summed E-state index contributed by atoms with van der Waals surface area (Å²) < 4.78 is 44.1. The zero-order chi connectivity index (χ0) is 16.9. The predicted octanol–water partition coefficient (Wildman–Crippen LogP) is 1.37. The standard InChI is InChI=1S/C14H21FN2O4S/c1-5-10(2)16-14(18)9-17(3)22(19,20)13-8-11(15)6-7-12(13)21-4/h6-8,10H,5,9H2,1-4H3,(H,16,18). The Morgan fingerprint density at radius 2 is 2.09 bits per heavy atom. The van der Waals surface area contributed by atoms with E-state index in [2.05, 4.69) is 5.32 Å². The lowest BCUT2D eigenvalue weighted by atomic mass is 10.2. The maximum Gasteiger partial charge on any atom is 0.247 e. The van der Waals surface area contributed by atoms with Crippen LogP contribution < -0.4 is 10.1 Å². The van der Waals surface area contributed by atoms with E-state index >= 15 is 0 Å². The summed E-state index contributed by atoms with van der Waals surface area (Å²) in [7, 11) is -1.48. The second kappa shape index (κ2) is 7.55. The molecule has 1 amide bonds. The van der Waals surface area contributed by atoms with E-state index in [1.807, 2.05) is 13.8 Å². The number of nitrogens with one attached hydrogen (secondary N) is 1. The molecule has 0 fully saturated rings. The van der Waals surface area contributed by atoms with Gasteiger partial charge in [-0.1, -0.05) is 6.92 Å². The van der Waals surface area contributed by atoms with Crippen molar-refractivity contribution >= 4 is 15.9 Å². The van der Waals surface area contributed by atoms with E-state index in [-0.39, 0.29) is 23.2 Å². The van der Waals surface area contributed by atoms with Crippen LogP contribution in [0.2, 0.25) is 0 Å². The van der Waals surface area contributed by atoms with Crippen molar-refractivity contribution < 1.29 is 22.3 Å². The Morgan fingerprint density at radius 3 is 2.64 bits per heavy atom. The maximum atomic E-state index is 13.3. The number of carbonyl (C=O) groups is 1. The molecule has 1 atom stereocenters. The van der Waals surface area contributed by atoms with Gasteiger partial charge in [-0.25, -0.2) is 12.8 Å². The molecule has 124 valence electrons. The first-order valence-electron chi connectivity index (χ1n) is 6.81. The molecule has 1 aromatic rings. The smallest absolute Gasteiger partial charge is 0.247 e. The van der Waals surface area contributed by atoms with Gasteiger partial charge in [-0.3, -0.25) is 4.79 Å². The van der Waals surface area contributed by atoms with Gasteiger partial charge in [-0.05, 0) is 31.5 Å². The number of carbonyl (C=O) groups excluding carboxylic acids is 1. The minimum absolute atomic E-state index is 0.0237. The molecule has 0 saturated carbocycles. The van der Waals surface area contributed by atoms with Gasteiger partial charge in [0, 0.05) is 13.1 Å². The molecule has 0 aromatic heterocycles. The van der Waals surface area contributed by atoms with Crippen LogP contribution in [0.15, 0.2) is 23.1 Å². The number of sulfonamides is 1. The Hall–Kier alpha value is -1.67. The van der Waals surface area contributed by atoms with Crippen molar-refractivity contribution in [1.82, 2.24) is 9.62 Å². The highest BCUT2D eigenvalue weighted by atomic mass is 32.2. The Bertz CT molecular complexity index is 634. The number of amides is 1. The average molecular weight is 332 g/mol. The molecule has 0 aliphatic carbocycles. The fourth-order valence-electron chi connectivity index (χ4n) is 1.73. The van der Waals surface area contributed by atoms with E-state index in [0.717, 1.165) is 22.9 Å². The van der Waals surface area contributed by atoms with Crippen LogP contribution in [0.1, 0.15) is 20.3 Å². The monoisotopic (exact) mass is 332 g/mol. The van der Waals surface area contributed by atoms with E-state index in [0.29, 0.717) is 0 Å². The molecule has 1 rings (SSSR count). The Kier molecular flexibility index (Phi) is 6.31. The molecule has 1 N–H and O–H groups in total. The number of methoxy groups -OCH3 is 1. The molecular weight excluding hydrogens is 311 g/mol. The number of hydrogen-bond donors (Lipinski definition) is 1. The van der Waals surface area contributed by atoms with Gasteiger partial charge >= 0.3 is 0 Å². The second-order valence-corrected chi connectivity index (χ2v) is 6.95. The van der Waals surface area contributed by atoms with Crippen molar-refractivity contribution in [3.63, 3.8) is 0 Å². The number of benzene rings is 1. The molecule has 0 radical (unpaired) electrons.